The van der Waals surface area contributed by atoms with Crippen LogP contribution >= 0.6 is 11.8 Å². The van der Waals surface area contributed by atoms with Crippen LogP contribution in [0, 0.1) is 6.92 Å². The lowest BCUT2D eigenvalue weighted by Crippen LogP contribution is -2.38. The first-order valence-electron chi connectivity index (χ1n) is 6.49. The van der Waals surface area contributed by atoms with Crippen molar-refractivity contribution in [2.75, 3.05) is 24.6 Å². The van der Waals surface area contributed by atoms with Crippen molar-refractivity contribution in [1.29, 1.82) is 0 Å². The molecule has 1 aromatic carbocycles. The van der Waals surface area contributed by atoms with Gasteiger partial charge in [-0.25, -0.2) is 0 Å². The molecule has 0 radical (unpaired) electrons. The maximum absolute atomic E-state index is 12.7. The van der Waals surface area contributed by atoms with E-state index >= 15 is 0 Å². The fraction of sp³-hybridized carbons (Fsp3) is 0.385. The van der Waals surface area contributed by atoms with Crippen molar-refractivity contribution >= 4 is 17.7 Å². The second-order valence-electron chi connectivity index (χ2n) is 4.56. The van der Waals surface area contributed by atoms with Crippen molar-refractivity contribution in [3.05, 3.63) is 35.7 Å². The summed E-state index contributed by atoms with van der Waals surface area (Å²) in [6, 6.07) is 7.46. The molecule has 20 heavy (non-hydrogen) atoms. The Morgan fingerprint density at radius 1 is 1.25 bits per heavy atom. The number of aromatic nitrogens is 4. The molecular formula is C13H15N5OS. The Labute approximate surface area is 121 Å². The number of carbonyl (C=O) groups excluding carboxylic acids is 1. The van der Waals surface area contributed by atoms with E-state index in [1.54, 1.807) is 4.68 Å². The second-order valence-corrected chi connectivity index (χ2v) is 5.78. The van der Waals surface area contributed by atoms with Crippen LogP contribution in [0.3, 0.4) is 0 Å². The molecule has 1 saturated heterocycles. The van der Waals surface area contributed by atoms with Crippen molar-refractivity contribution in [3.63, 3.8) is 0 Å². The number of amides is 1. The minimum absolute atomic E-state index is 0.0517. The number of nitrogens with zero attached hydrogens (tertiary/aromatic N) is 5. The zero-order valence-corrected chi connectivity index (χ0v) is 12.0. The molecule has 0 atom stereocenters. The van der Waals surface area contributed by atoms with Crippen LogP contribution in [0.5, 0.6) is 0 Å². The van der Waals surface area contributed by atoms with E-state index in [9.17, 15) is 4.79 Å². The van der Waals surface area contributed by atoms with Gasteiger partial charge >= 0.3 is 0 Å². The van der Waals surface area contributed by atoms with Gasteiger partial charge in [-0.2, -0.15) is 16.4 Å². The summed E-state index contributed by atoms with van der Waals surface area (Å²) in [4.78, 5) is 14.6. The molecule has 0 unspecified atom stereocenters. The van der Waals surface area contributed by atoms with E-state index in [4.69, 9.17) is 0 Å². The Morgan fingerprint density at radius 3 is 2.70 bits per heavy atom. The Hall–Kier alpha value is -1.89. The fourth-order valence-electron chi connectivity index (χ4n) is 2.23. The average Bonchev–Trinajstić information content (AvgIpc) is 2.93. The van der Waals surface area contributed by atoms with Crippen molar-refractivity contribution < 1.29 is 4.79 Å². The monoisotopic (exact) mass is 289 g/mol. The largest absolute Gasteiger partial charge is 0.337 e. The first-order chi connectivity index (χ1) is 9.77. The molecule has 1 aliphatic rings. The molecule has 1 aliphatic heterocycles. The van der Waals surface area contributed by atoms with Gasteiger partial charge in [-0.15, -0.1) is 5.10 Å². The van der Waals surface area contributed by atoms with Crippen LogP contribution in [-0.2, 0) is 0 Å². The molecule has 1 aromatic heterocycles. The maximum Gasteiger partial charge on any atom is 0.256 e. The zero-order chi connectivity index (χ0) is 13.9. The van der Waals surface area contributed by atoms with Crippen molar-refractivity contribution in [2.24, 2.45) is 0 Å². The highest BCUT2D eigenvalue weighted by molar-refractivity contribution is 7.99. The third-order valence-corrected chi connectivity index (χ3v) is 4.23. The molecule has 2 heterocycles. The normalized spacial score (nSPS) is 15.3. The topological polar surface area (TPSA) is 63.9 Å². The van der Waals surface area contributed by atoms with Gasteiger partial charge in [0, 0.05) is 24.6 Å². The van der Waals surface area contributed by atoms with Crippen molar-refractivity contribution in [2.45, 2.75) is 6.92 Å². The number of benzene rings is 1. The molecule has 3 rings (SSSR count). The summed E-state index contributed by atoms with van der Waals surface area (Å²) in [6.07, 6.45) is 0. The second kappa shape index (κ2) is 5.62. The lowest BCUT2D eigenvalue weighted by Gasteiger charge is -2.27. The number of para-hydroxylation sites is 1. The number of rotatable bonds is 2. The lowest BCUT2D eigenvalue weighted by molar-refractivity contribution is 0.0772. The predicted molar refractivity (Wildman–Crippen MR) is 77.1 cm³/mol. The van der Waals surface area contributed by atoms with Crippen LogP contribution in [0.4, 0.5) is 0 Å². The molecule has 1 amide bonds. The summed E-state index contributed by atoms with van der Waals surface area (Å²) in [6.45, 7) is 3.41. The van der Waals surface area contributed by atoms with E-state index in [2.05, 4.69) is 15.5 Å². The number of tetrazole rings is 1. The van der Waals surface area contributed by atoms with E-state index in [-0.39, 0.29) is 5.91 Å². The molecule has 2 aromatic rings. The van der Waals surface area contributed by atoms with Gasteiger partial charge < -0.3 is 4.90 Å². The van der Waals surface area contributed by atoms with Gasteiger partial charge in [-0.3, -0.25) is 4.79 Å². The Balaban J connectivity index is 1.97. The summed E-state index contributed by atoms with van der Waals surface area (Å²) in [5, 5.41) is 11.5. The van der Waals surface area contributed by atoms with E-state index in [0.29, 0.717) is 11.4 Å². The lowest BCUT2D eigenvalue weighted by atomic mass is 10.1. The maximum atomic E-state index is 12.7. The average molecular weight is 289 g/mol. The molecule has 0 saturated carbocycles. The van der Waals surface area contributed by atoms with E-state index in [1.807, 2.05) is 47.9 Å². The number of carbonyl (C=O) groups is 1. The SMILES string of the molecule is Cc1nnnn1-c1ccccc1C(=O)N1CCSCC1. The third kappa shape index (κ3) is 2.40. The first-order valence-corrected chi connectivity index (χ1v) is 7.64. The van der Waals surface area contributed by atoms with Gasteiger partial charge in [0.15, 0.2) is 5.82 Å². The Bertz CT molecular complexity index is 621. The molecule has 0 N–H and O–H groups in total. The van der Waals surface area contributed by atoms with Gasteiger partial charge in [0.05, 0.1) is 11.3 Å². The highest BCUT2D eigenvalue weighted by atomic mass is 32.2. The minimum Gasteiger partial charge on any atom is -0.337 e. The van der Waals surface area contributed by atoms with Crippen molar-refractivity contribution in [3.8, 4) is 5.69 Å². The van der Waals surface area contributed by atoms with E-state index < -0.39 is 0 Å². The molecule has 0 aliphatic carbocycles. The number of hydrogen-bond acceptors (Lipinski definition) is 5. The molecule has 7 heteroatoms. The van der Waals surface area contributed by atoms with Gasteiger partial charge in [-0.1, -0.05) is 12.1 Å². The van der Waals surface area contributed by atoms with Crippen LogP contribution in [0.1, 0.15) is 16.2 Å². The van der Waals surface area contributed by atoms with E-state index in [0.717, 1.165) is 30.3 Å². The smallest absolute Gasteiger partial charge is 0.256 e. The van der Waals surface area contributed by atoms with Gasteiger partial charge in [-0.05, 0) is 29.5 Å². The molecule has 0 spiro atoms. The molecule has 6 nitrogen and oxygen atoms in total. The minimum atomic E-state index is 0.0517. The summed E-state index contributed by atoms with van der Waals surface area (Å²) in [5.41, 5.74) is 1.38. The van der Waals surface area contributed by atoms with Crippen LogP contribution < -0.4 is 0 Å². The quantitative estimate of drug-likeness (QED) is 0.830. The Kier molecular flexibility index (Phi) is 3.68. The molecule has 0 bridgehead atoms. The van der Waals surface area contributed by atoms with Gasteiger partial charge in [0.1, 0.15) is 0 Å². The number of thioether (sulfide) groups is 1. The summed E-state index contributed by atoms with van der Waals surface area (Å²) >= 11 is 1.88. The molecular weight excluding hydrogens is 274 g/mol. The molecule has 1 fully saturated rings. The Morgan fingerprint density at radius 2 is 2.00 bits per heavy atom. The number of hydrogen-bond donors (Lipinski definition) is 0. The van der Waals surface area contributed by atoms with E-state index in [1.165, 1.54) is 0 Å². The van der Waals surface area contributed by atoms with Crippen LogP contribution in [-0.4, -0.2) is 55.6 Å². The van der Waals surface area contributed by atoms with Crippen molar-refractivity contribution in [1.82, 2.24) is 25.1 Å². The third-order valence-electron chi connectivity index (χ3n) is 3.29. The zero-order valence-electron chi connectivity index (χ0n) is 11.2. The van der Waals surface area contributed by atoms with Crippen LogP contribution in [0.25, 0.3) is 5.69 Å². The highest BCUT2D eigenvalue weighted by Gasteiger charge is 2.22. The van der Waals surface area contributed by atoms with Crippen LogP contribution in [0.15, 0.2) is 24.3 Å². The summed E-state index contributed by atoms with van der Waals surface area (Å²) in [5.74, 6) is 2.71. The van der Waals surface area contributed by atoms with Gasteiger partial charge in [0.2, 0.25) is 0 Å². The van der Waals surface area contributed by atoms with Crippen LogP contribution in [0.2, 0.25) is 0 Å². The molecule has 104 valence electrons. The fourth-order valence-corrected chi connectivity index (χ4v) is 3.13. The predicted octanol–water partition coefficient (Wildman–Crippen LogP) is 1.16. The number of aryl methyl sites for hydroxylation is 1. The summed E-state index contributed by atoms with van der Waals surface area (Å²) in [7, 11) is 0. The standard InChI is InChI=1S/C13H15N5OS/c1-10-14-15-16-18(10)12-5-3-2-4-11(12)13(19)17-6-8-20-9-7-17/h2-5H,6-9H2,1H3. The van der Waals surface area contributed by atoms with Gasteiger partial charge in [0.25, 0.3) is 5.91 Å². The highest BCUT2D eigenvalue weighted by Crippen LogP contribution is 2.19. The summed E-state index contributed by atoms with van der Waals surface area (Å²) < 4.78 is 1.60. The first kappa shape index (κ1) is 13.1.